The van der Waals surface area contributed by atoms with Crippen molar-refractivity contribution in [2.24, 2.45) is 0 Å². The van der Waals surface area contributed by atoms with Gasteiger partial charge < -0.3 is 5.32 Å². The number of nitrogens with one attached hydrogen (secondary N) is 1. The van der Waals surface area contributed by atoms with Crippen molar-refractivity contribution in [3.63, 3.8) is 0 Å². The third-order valence-corrected chi connectivity index (χ3v) is 4.97. The summed E-state index contributed by atoms with van der Waals surface area (Å²) in [6.45, 7) is 3.65. The van der Waals surface area contributed by atoms with Crippen LogP contribution < -0.4 is 10.9 Å². The Kier molecular flexibility index (Phi) is 4.94. The fourth-order valence-electron chi connectivity index (χ4n) is 3.45. The van der Waals surface area contributed by atoms with Gasteiger partial charge in [0.05, 0.1) is 11.4 Å². The van der Waals surface area contributed by atoms with Crippen LogP contribution in [0.3, 0.4) is 0 Å². The minimum Gasteiger partial charge on any atom is -0.325 e. The molecule has 1 amide bonds. The van der Waals surface area contributed by atoms with E-state index in [4.69, 9.17) is 11.6 Å². The minimum absolute atomic E-state index is 0.129. The smallest absolute Gasteiger partial charge is 0.252 e. The molecule has 0 spiro atoms. The number of benzene rings is 2. The number of carbonyl (C=O) groups is 1. The first-order chi connectivity index (χ1) is 13.9. The SMILES string of the molecule is Cc1cc(=O)n(CC(=O)Nc2ccc(Cl)cc2)c2c1c(C)nn2-c1ccccc1. The molecule has 0 fully saturated rings. The largest absolute Gasteiger partial charge is 0.325 e. The van der Waals surface area contributed by atoms with E-state index in [1.54, 1.807) is 35.0 Å². The number of hydrogen-bond acceptors (Lipinski definition) is 3. The predicted molar refractivity (Wildman–Crippen MR) is 115 cm³/mol. The summed E-state index contributed by atoms with van der Waals surface area (Å²) in [6, 6.07) is 17.9. The second-order valence-electron chi connectivity index (χ2n) is 6.84. The number of rotatable bonds is 4. The predicted octanol–water partition coefficient (Wildman–Crippen LogP) is 4.10. The zero-order chi connectivity index (χ0) is 20.5. The van der Waals surface area contributed by atoms with E-state index in [1.165, 1.54) is 4.57 Å². The van der Waals surface area contributed by atoms with Gasteiger partial charge in [0, 0.05) is 22.2 Å². The van der Waals surface area contributed by atoms with Crippen molar-refractivity contribution in [3.05, 3.63) is 87.3 Å². The average molecular weight is 407 g/mol. The van der Waals surface area contributed by atoms with E-state index in [-0.39, 0.29) is 18.0 Å². The molecule has 2 heterocycles. The number of aromatic nitrogens is 3. The van der Waals surface area contributed by atoms with Crippen LogP contribution in [0.5, 0.6) is 0 Å². The summed E-state index contributed by atoms with van der Waals surface area (Å²) in [5.41, 5.74) is 3.42. The molecule has 1 N–H and O–H groups in total. The van der Waals surface area contributed by atoms with Crippen LogP contribution in [0.25, 0.3) is 16.7 Å². The van der Waals surface area contributed by atoms with Gasteiger partial charge in [-0.15, -0.1) is 0 Å². The number of carbonyl (C=O) groups excluding carboxylic acids is 1. The van der Waals surface area contributed by atoms with E-state index in [0.29, 0.717) is 16.4 Å². The molecule has 6 nitrogen and oxygen atoms in total. The maximum atomic E-state index is 12.8. The van der Waals surface area contributed by atoms with Gasteiger partial charge in [-0.3, -0.25) is 14.2 Å². The molecule has 0 atom stereocenters. The third-order valence-electron chi connectivity index (χ3n) is 4.72. The lowest BCUT2D eigenvalue weighted by atomic mass is 10.1. The highest BCUT2D eigenvalue weighted by molar-refractivity contribution is 6.30. The Balaban J connectivity index is 1.80. The van der Waals surface area contributed by atoms with Crippen LogP contribution in [0.4, 0.5) is 5.69 Å². The fourth-order valence-corrected chi connectivity index (χ4v) is 3.57. The first kappa shape index (κ1) is 19.0. The van der Waals surface area contributed by atoms with E-state index < -0.39 is 0 Å². The number of nitrogens with zero attached hydrogens (tertiary/aromatic N) is 3. The van der Waals surface area contributed by atoms with Gasteiger partial charge in [-0.25, -0.2) is 4.68 Å². The molecule has 146 valence electrons. The molecule has 0 aliphatic heterocycles. The van der Waals surface area contributed by atoms with Gasteiger partial charge in [0.15, 0.2) is 0 Å². The molecule has 0 unspecified atom stereocenters. The van der Waals surface area contributed by atoms with Crippen LogP contribution in [-0.2, 0) is 11.3 Å². The average Bonchev–Trinajstić information content (AvgIpc) is 3.05. The van der Waals surface area contributed by atoms with Crippen molar-refractivity contribution in [2.45, 2.75) is 20.4 Å². The number of pyridine rings is 1. The van der Waals surface area contributed by atoms with Gasteiger partial charge >= 0.3 is 0 Å². The van der Waals surface area contributed by atoms with Crippen LogP contribution in [0.15, 0.2) is 65.5 Å². The molecule has 0 saturated heterocycles. The van der Waals surface area contributed by atoms with Gasteiger partial charge in [0.1, 0.15) is 12.2 Å². The molecule has 2 aromatic heterocycles. The summed E-state index contributed by atoms with van der Waals surface area (Å²) >= 11 is 5.89. The zero-order valence-corrected chi connectivity index (χ0v) is 16.8. The summed E-state index contributed by atoms with van der Waals surface area (Å²) < 4.78 is 3.18. The van der Waals surface area contributed by atoms with Crippen LogP contribution in [0.1, 0.15) is 11.3 Å². The van der Waals surface area contributed by atoms with Gasteiger partial charge in [-0.1, -0.05) is 29.8 Å². The molecule has 4 aromatic rings. The molecule has 0 aliphatic carbocycles. The maximum absolute atomic E-state index is 12.8. The van der Waals surface area contributed by atoms with E-state index in [0.717, 1.165) is 22.3 Å². The van der Waals surface area contributed by atoms with Crippen molar-refractivity contribution in [1.82, 2.24) is 14.3 Å². The molecular weight excluding hydrogens is 388 g/mol. The lowest BCUT2D eigenvalue weighted by Crippen LogP contribution is -2.28. The number of para-hydroxylation sites is 1. The molecule has 29 heavy (non-hydrogen) atoms. The van der Waals surface area contributed by atoms with Gasteiger partial charge in [0.2, 0.25) is 5.91 Å². The third kappa shape index (κ3) is 3.67. The molecule has 0 saturated carbocycles. The number of anilines is 1. The zero-order valence-electron chi connectivity index (χ0n) is 16.0. The normalized spacial score (nSPS) is 11.0. The van der Waals surface area contributed by atoms with Gasteiger partial charge in [-0.2, -0.15) is 5.10 Å². The highest BCUT2D eigenvalue weighted by Crippen LogP contribution is 2.24. The second kappa shape index (κ2) is 7.56. The summed E-state index contributed by atoms with van der Waals surface area (Å²) in [5.74, 6) is -0.307. The highest BCUT2D eigenvalue weighted by Gasteiger charge is 2.18. The van der Waals surface area contributed by atoms with Crippen LogP contribution >= 0.6 is 11.6 Å². The molecule has 0 aliphatic rings. The molecule has 4 rings (SSSR count). The number of hydrogen-bond donors (Lipinski definition) is 1. The maximum Gasteiger partial charge on any atom is 0.252 e. The number of fused-ring (bicyclic) bond motifs is 1. The molecular formula is C22H19ClN4O2. The van der Waals surface area contributed by atoms with Gasteiger partial charge in [-0.05, 0) is 55.8 Å². The van der Waals surface area contributed by atoms with Crippen molar-refractivity contribution in [2.75, 3.05) is 5.32 Å². The number of aryl methyl sites for hydroxylation is 2. The second-order valence-corrected chi connectivity index (χ2v) is 7.27. The van der Waals surface area contributed by atoms with E-state index in [2.05, 4.69) is 10.4 Å². The molecule has 7 heteroatoms. The molecule has 0 radical (unpaired) electrons. The first-order valence-corrected chi connectivity index (χ1v) is 9.52. The van der Waals surface area contributed by atoms with E-state index >= 15 is 0 Å². The first-order valence-electron chi connectivity index (χ1n) is 9.14. The standard InChI is InChI=1S/C22H19ClN4O2/c1-14-12-20(29)26(13-19(28)24-17-10-8-16(23)9-11-17)22-21(14)15(2)25-27(22)18-6-4-3-5-7-18/h3-12H,13H2,1-2H3,(H,24,28). The monoisotopic (exact) mass is 406 g/mol. The lowest BCUT2D eigenvalue weighted by molar-refractivity contribution is -0.116. The van der Waals surface area contributed by atoms with Crippen molar-refractivity contribution in [3.8, 4) is 5.69 Å². The Morgan fingerprint density at radius 2 is 1.76 bits per heavy atom. The Morgan fingerprint density at radius 3 is 2.45 bits per heavy atom. The van der Waals surface area contributed by atoms with E-state index in [1.807, 2.05) is 44.2 Å². The minimum atomic E-state index is -0.307. The summed E-state index contributed by atoms with van der Waals surface area (Å²) in [5, 5.41) is 8.89. The van der Waals surface area contributed by atoms with Crippen molar-refractivity contribution < 1.29 is 4.79 Å². The lowest BCUT2D eigenvalue weighted by Gasteiger charge is -2.12. The van der Waals surface area contributed by atoms with Crippen molar-refractivity contribution >= 4 is 34.2 Å². The van der Waals surface area contributed by atoms with Gasteiger partial charge in [0.25, 0.3) is 5.56 Å². The van der Waals surface area contributed by atoms with Crippen LogP contribution in [0, 0.1) is 13.8 Å². The molecule has 2 aromatic carbocycles. The Hall–Kier alpha value is -3.38. The van der Waals surface area contributed by atoms with E-state index in [9.17, 15) is 9.59 Å². The van der Waals surface area contributed by atoms with Crippen LogP contribution in [-0.4, -0.2) is 20.3 Å². The fraction of sp³-hybridized carbons (Fsp3) is 0.136. The molecule has 0 bridgehead atoms. The van der Waals surface area contributed by atoms with Crippen molar-refractivity contribution in [1.29, 1.82) is 0 Å². The number of amides is 1. The summed E-state index contributed by atoms with van der Waals surface area (Å²) in [6.07, 6.45) is 0. The highest BCUT2D eigenvalue weighted by atomic mass is 35.5. The Morgan fingerprint density at radius 1 is 1.07 bits per heavy atom. The Bertz CT molecular complexity index is 1260. The summed E-state index contributed by atoms with van der Waals surface area (Å²) in [4.78, 5) is 25.5. The van der Waals surface area contributed by atoms with Crippen LogP contribution in [0.2, 0.25) is 5.02 Å². The quantitative estimate of drug-likeness (QED) is 0.554. The number of halogens is 1. The topological polar surface area (TPSA) is 68.9 Å². The summed E-state index contributed by atoms with van der Waals surface area (Å²) in [7, 11) is 0. The Labute approximate surface area is 172 Å².